The number of aromatic nitrogens is 2. The van der Waals surface area contributed by atoms with E-state index in [-0.39, 0.29) is 5.78 Å². The second kappa shape index (κ2) is 6.82. The molecule has 0 atom stereocenters. The number of nitrogens with zero attached hydrogens (tertiary/aromatic N) is 2. The van der Waals surface area contributed by atoms with E-state index in [0.29, 0.717) is 45.6 Å². The van der Waals surface area contributed by atoms with E-state index in [0.717, 1.165) is 12.8 Å². The molecular formula is C21H19ClN2O3. The normalized spacial score (nSPS) is 15.3. The van der Waals surface area contributed by atoms with Crippen molar-refractivity contribution in [3.63, 3.8) is 0 Å². The van der Waals surface area contributed by atoms with Crippen molar-refractivity contribution in [3.8, 4) is 28.6 Å². The number of halogens is 1. The van der Waals surface area contributed by atoms with Gasteiger partial charge in [-0.3, -0.25) is 4.79 Å². The molecule has 4 rings (SSSR count). The molecule has 0 unspecified atom stereocenters. The third kappa shape index (κ3) is 3.12. The Morgan fingerprint density at radius 3 is 2.63 bits per heavy atom. The van der Waals surface area contributed by atoms with Crippen LogP contribution < -0.4 is 4.74 Å². The number of ether oxygens (including phenoxy) is 1. The topological polar surface area (TPSA) is 65.2 Å². The smallest absolute Gasteiger partial charge is 0.258 e. The van der Waals surface area contributed by atoms with Crippen LogP contribution in [0.2, 0.25) is 5.02 Å². The van der Waals surface area contributed by atoms with Gasteiger partial charge in [-0.2, -0.15) is 4.98 Å². The molecule has 0 fully saturated rings. The summed E-state index contributed by atoms with van der Waals surface area (Å²) in [5.41, 5.74) is 1.52. The summed E-state index contributed by atoms with van der Waals surface area (Å²) in [5.74, 6) is 1.44. The molecule has 2 heterocycles. The maximum Gasteiger partial charge on any atom is 0.258 e. The minimum absolute atomic E-state index is 0.0765. The van der Waals surface area contributed by atoms with Gasteiger partial charge in [-0.1, -0.05) is 42.7 Å². The highest BCUT2D eigenvalue weighted by Crippen LogP contribution is 2.39. The van der Waals surface area contributed by atoms with Crippen molar-refractivity contribution in [3.05, 3.63) is 53.1 Å². The fourth-order valence-corrected chi connectivity index (χ4v) is 3.58. The van der Waals surface area contributed by atoms with Crippen molar-refractivity contribution in [2.45, 2.75) is 38.7 Å². The quantitative estimate of drug-likeness (QED) is 0.589. The summed E-state index contributed by atoms with van der Waals surface area (Å²) in [6.07, 6.45) is 1.97. The number of ketones is 1. The van der Waals surface area contributed by atoms with Crippen molar-refractivity contribution >= 4 is 17.4 Å². The molecule has 0 radical (unpaired) electrons. The molecule has 2 aromatic carbocycles. The zero-order valence-corrected chi connectivity index (χ0v) is 15.9. The number of carbonyl (C=O) groups is 1. The van der Waals surface area contributed by atoms with Crippen molar-refractivity contribution < 1.29 is 14.1 Å². The van der Waals surface area contributed by atoms with Crippen LogP contribution >= 0.6 is 11.6 Å². The second-order valence-corrected chi connectivity index (χ2v) is 7.11. The van der Waals surface area contributed by atoms with Crippen LogP contribution in [0, 0.1) is 0 Å². The average molecular weight is 383 g/mol. The summed E-state index contributed by atoms with van der Waals surface area (Å²) in [4.78, 5) is 17.1. The van der Waals surface area contributed by atoms with Crippen LogP contribution in [0.3, 0.4) is 0 Å². The van der Waals surface area contributed by atoms with Gasteiger partial charge in [0.05, 0.1) is 17.0 Å². The Morgan fingerprint density at radius 1 is 1.11 bits per heavy atom. The van der Waals surface area contributed by atoms with Gasteiger partial charge in [0.1, 0.15) is 11.4 Å². The monoisotopic (exact) mass is 382 g/mol. The van der Waals surface area contributed by atoms with Crippen LogP contribution in [0.4, 0.5) is 0 Å². The molecule has 0 saturated carbocycles. The van der Waals surface area contributed by atoms with Crippen LogP contribution in [-0.4, -0.2) is 21.5 Å². The van der Waals surface area contributed by atoms with Gasteiger partial charge < -0.3 is 9.26 Å². The van der Waals surface area contributed by atoms with E-state index in [1.54, 1.807) is 18.2 Å². The molecule has 1 aliphatic rings. The first-order chi connectivity index (χ1) is 13.0. The molecule has 3 aromatic rings. The molecule has 138 valence electrons. The predicted octanol–water partition coefficient (Wildman–Crippen LogP) is 5.58. The Labute approximate surface area is 162 Å². The molecule has 6 heteroatoms. The molecular weight excluding hydrogens is 364 g/mol. The van der Waals surface area contributed by atoms with Gasteiger partial charge in [-0.05, 0) is 43.2 Å². The maximum atomic E-state index is 12.7. The highest BCUT2D eigenvalue weighted by atomic mass is 35.5. The van der Waals surface area contributed by atoms with Crippen molar-refractivity contribution in [1.29, 1.82) is 0 Å². The molecule has 0 amide bonds. The highest BCUT2D eigenvalue weighted by Gasteiger charge is 2.37. The third-order valence-corrected chi connectivity index (χ3v) is 5.50. The fourth-order valence-electron chi connectivity index (χ4n) is 3.36. The van der Waals surface area contributed by atoms with E-state index in [2.05, 4.69) is 10.1 Å². The first kappa shape index (κ1) is 17.7. The first-order valence-corrected chi connectivity index (χ1v) is 9.38. The highest BCUT2D eigenvalue weighted by molar-refractivity contribution is 6.33. The van der Waals surface area contributed by atoms with Gasteiger partial charge in [0.25, 0.3) is 5.89 Å². The molecule has 27 heavy (non-hydrogen) atoms. The SMILES string of the molecule is CCC1(CC)CC(=O)c2cc(-c3nc(-c4ccccc4Cl)no3)ccc2O1. The summed E-state index contributed by atoms with van der Waals surface area (Å²) in [5, 5.41) is 4.57. The lowest BCUT2D eigenvalue weighted by Crippen LogP contribution is -2.40. The Balaban J connectivity index is 1.69. The molecule has 1 aromatic heterocycles. The third-order valence-electron chi connectivity index (χ3n) is 5.17. The predicted molar refractivity (Wildman–Crippen MR) is 103 cm³/mol. The number of hydrogen-bond acceptors (Lipinski definition) is 5. The van der Waals surface area contributed by atoms with Gasteiger partial charge in [0.2, 0.25) is 5.82 Å². The molecule has 0 N–H and O–H groups in total. The Bertz CT molecular complexity index is 1010. The van der Waals surface area contributed by atoms with Crippen molar-refractivity contribution in [2.75, 3.05) is 0 Å². The largest absolute Gasteiger partial charge is 0.486 e. The van der Waals surface area contributed by atoms with E-state index in [1.807, 2.05) is 38.1 Å². The lowest BCUT2D eigenvalue weighted by atomic mass is 9.85. The zero-order chi connectivity index (χ0) is 19.0. The first-order valence-electron chi connectivity index (χ1n) is 9.00. The maximum absolute atomic E-state index is 12.7. The molecule has 0 spiro atoms. The van der Waals surface area contributed by atoms with Crippen LogP contribution in [0.1, 0.15) is 43.5 Å². The van der Waals surface area contributed by atoms with Crippen molar-refractivity contribution in [2.24, 2.45) is 0 Å². The van der Waals surface area contributed by atoms with Crippen LogP contribution in [0.5, 0.6) is 5.75 Å². The number of rotatable bonds is 4. The number of hydrogen-bond donors (Lipinski definition) is 0. The summed E-state index contributed by atoms with van der Waals surface area (Å²) in [7, 11) is 0. The lowest BCUT2D eigenvalue weighted by molar-refractivity contribution is 0.0350. The Hall–Kier alpha value is -2.66. The van der Waals surface area contributed by atoms with Crippen LogP contribution in [-0.2, 0) is 0 Å². The standard InChI is InChI=1S/C21H19ClN2O3/c1-3-21(4-2)12-17(25)15-11-13(9-10-18(15)26-21)20-23-19(24-27-20)14-7-5-6-8-16(14)22/h5-11H,3-4,12H2,1-2H3. The minimum Gasteiger partial charge on any atom is -0.486 e. The zero-order valence-electron chi connectivity index (χ0n) is 15.2. The molecule has 0 aliphatic carbocycles. The number of benzene rings is 2. The van der Waals surface area contributed by atoms with Crippen LogP contribution in [0.25, 0.3) is 22.8 Å². The molecule has 1 aliphatic heterocycles. The lowest BCUT2D eigenvalue weighted by Gasteiger charge is -2.36. The van der Waals surface area contributed by atoms with E-state index < -0.39 is 5.60 Å². The van der Waals surface area contributed by atoms with Gasteiger partial charge in [-0.25, -0.2) is 0 Å². The van der Waals surface area contributed by atoms with E-state index in [9.17, 15) is 4.79 Å². The molecule has 5 nitrogen and oxygen atoms in total. The minimum atomic E-state index is -0.409. The average Bonchev–Trinajstić information content (AvgIpc) is 3.18. The fraction of sp³-hybridized carbons (Fsp3) is 0.286. The Kier molecular flexibility index (Phi) is 4.48. The van der Waals surface area contributed by atoms with Gasteiger partial charge >= 0.3 is 0 Å². The summed E-state index contributed by atoms with van der Waals surface area (Å²) >= 11 is 6.20. The van der Waals surface area contributed by atoms with E-state index in [1.165, 1.54) is 0 Å². The van der Waals surface area contributed by atoms with Gasteiger partial charge in [-0.15, -0.1) is 0 Å². The summed E-state index contributed by atoms with van der Waals surface area (Å²) in [6, 6.07) is 12.7. The number of carbonyl (C=O) groups excluding carboxylic acids is 1. The van der Waals surface area contributed by atoms with Crippen LogP contribution in [0.15, 0.2) is 47.0 Å². The van der Waals surface area contributed by atoms with E-state index >= 15 is 0 Å². The van der Waals surface area contributed by atoms with E-state index in [4.69, 9.17) is 20.9 Å². The van der Waals surface area contributed by atoms with Gasteiger partial charge in [0, 0.05) is 11.1 Å². The number of fused-ring (bicyclic) bond motifs is 1. The second-order valence-electron chi connectivity index (χ2n) is 6.71. The summed E-state index contributed by atoms with van der Waals surface area (Å²) in [6.45, 7) is 4.09. The summed E-state index contributed by atoms with van der Waals surface area (Å²) < 4.78 is 11.6. The molecule has 0 saturated heterocycles. The number of Topliss-reactive ketones (excluding diaryl/α,β-unsaturated/α-hetero) is 1. The molecule has 0 bridgehead atoms. The van der Waals surface area contributed by atoms with Crippen molar-refractivity contribution in [1.82, 2.24) is 10.1 Å². The van der Waals surface area contributed by atoms with Gasteiger partial charge in [0.15, 0.2) is 5.78 Å². The Morgan fingerprint density at radius 2 is 1.89 bits per heavy atom.